The first-order valence-corrected chi connectivity index (χ1v) is 10.9. The Morgan fingerprint density at radius 3 is 2.47 bits per heavy atom. The van der Waals surface area contributed by atoms with Crippen molar-refractivity contribution in [3.8, 4) is 22.4 Å². The lowest BCUT2D eigenvalue weighted by Gasteiger charge is -2.12. The predicted molar refractivity (Wildman–Crippen MR) is 132 cm³/mol. The summed E-state index contributed by atoms with van der Waals surface area (Å²) in [5.41, 5.74) is 5.37. The minimum Gasteiger partial charge on any atom is -0.359 e. The number of hydrogen-bond donors (Lipinski definition) is 2. The lowest BCUT2D eigenvalue weighted by Crippen LogP contribution is -2.19. The molecule has 0 atom stereocenters. The van der Waals surface area contributed by atoms with Gasteiger partial charge in [-0.2, -0.15) is 0 Å². The van der Waals surface area contributed by atoms with E-state index in [2.05, 4.69) is 25.8 Å². The molecule has 0 spiro atoms. The summed E-state index contributed by atoms with van der Waals surface area (Å²) < 4.78 is 7.34. The van der Waals surface area contributed by atoms with E-state index >= 15 is 0 Å². The molecule has 8 heteroatoms. The molecule has 0 unspecified atom stereocenters. The largest absolute Gasteiger partial charge is 0.359 e. The average Bonchev–Trinajstić information content (AvgIpc) is 3.47. The second-order valence-electron chi connectivity index (χ2n) is 9.01. The summed E-state index contributed by atoms with van der Waals surface area (Å²) >= 11 is 0. The maximum absolute atomic E-state index is 12.4. The Morgan fingerprint density at radius 1 is 0.941 bits per heavy atom. The third-order valence-corrected chi connectivity index (χ3v) is 5.44. The lowest BCUT2D eigenvalue weighted by atomic mass is 9.93. The first kappa shape index (κ1) is 21.4. The van der Waals surface area contributed by atoms with Crippen molar-refractivity contribution in [3.63, 3.8) is 0 Å². The van der Waals surface area contributed by atoms with Crippen molar-refractivity contribution < 1.29 is 9.32 Å². The van der Waals surface area contributed by atoms with Crippen LogP contribution in [0.3, 0.4) is 0 Å². The molecule has 34 heavy (non-hydrogen) atoms. The number of pyridine rings is 2. The number of rotatable bonds is 4. The minimum absolute atomic E-state index is 0.183. The molecule has 8 nitrogen and oxygen atoms in total. The van der Waals surface area contributed by atoms with E-state index in [1.54, 1.807) is 12.3 Å². The molecular formula is C26H24N6O2. The molecule has 0 bridgehead atoms. The Balaban J connectivity index is 1.29. The Hall–Kier alpha value is -4.46. The molecule has 2 amide bonds. The second kappa shape index (κ2) is 8.47. The van der Waals surface area contributed by atoms with Gasteiger partial charge in [-0.05, 0) is 35.9 Å². The second-order valence-corrected chi connectivity index (χ2v) is 9.01. The summed E-state index contributed by atoms with van der Waals surface area (Å²) in [6.45, 7) is 6.05. The normalized spacial score (nSPS) is 11.5. The maximum Gasteiger partial charge on any atom is 0.324 e. The van der Waals surface area contributed by atoms with Gasteiger partial charge < -0.3 is 9.84 Å². The Kier molecular flexibility index (Phi) is 5.33. The van der Waals surface area contributed by atoms with Crippen LogP contribution in [0.25, 0.3) is 28.0 Å². The van der Waals surface area contributed by atoms with E-state index < -0.39 is 0 Å². The van der Waals surface area contributed by atoms with Gasteiger partial charge in [-0.1, -0.05) is 44.1 Å². The summed E-state index contributed by atoms with van der Waals surface area (Å²) in [4.78, 5) is 21.1. The monoisotopic (exact) mass is 452 g/mol. The molecule has 5 aromatic rings. The highest BCUT2D eigenvalue weighted by Gasteiger charge is 2.20. The molecule has 0 aliphatic carbocycles. The first-order chi connectivity index (χ1) is 16.4. The number of nitrogens with zero attached hydrogens (tertiary/aromatic N) is 4. The summed E-state index contributed by atoms with van der Waals surface area (Å²) in [5.74, 6) is 1.07. The number of benzene rings is 1. The summed E-state index contributed by atoms with van der Waals surface area (Å²) in [7, 11) is 0. The van der Waals surface area contributed by atoms with Gasteiger partial charge >= 0.3 is 6.03 Å². The Morgan fingerprint density at radius 2 is 1.76 bits per heavy atom. The fourth-order valence-corrected chi connectivity index (χ4v) is 3.60. The van der Waals surface area contributed by atoms with Crippen LogP contribution in [-0.2, 0) is 5.41 Å². The molecule has 2 N–H and O–H groups in total. The van der Waals surface area contributed by atoms with E-state index in [1.165, 1.54) is 0 Å². The van der Waals surface area contributed by atoms with Crippen LogP contribution in [0.2, 0.25) is 0 Å². The van der Waals surface area contributed by atoms with Gasteiger partial charge in [0.15, 0.2) is 5.82 Å². The van der Waals surface area contributed by atoms with Crippen LogP contribution in [0.1, 0.15) is 26.5 Å². The van der Waals surface area contributed by atoms with Crippen LogP contribution >= 0.6 is 0 Å². The zero-order valence-electron chi connectivity index (χ0n) is 19.1. The van der Waals surface area contributed by atoms with Crippen LogP contribution in [-0.4, -0.2) is 25.6 Å². The fourth-order valence-electron chi connectivity index (χ4n) is 3.60. The summed E-state index contributed by atoms with van der Waals surface area (Å²) in [5, 5.41) is 9.41. The molecule has 4 heterocycles. The number of carbonyl (C=O) groups is 1. The number of nitrogens with one attached hydrogen (secondary N) is 2. The number of hydrogen-bond acceptors (Lipinski definition) is 5. The molecule has 0 saturated carbocycles. The van der Waals surface area contributed by atoms with E-state index in [4.69, 9.17) is 4.52 Å². The molecule has 0 aliphatic rings. The molecule has 170 valence electrons. The standard InChI is InChI=1S/C26H24N6O2/c1-26(2,3)22-14-23(31-34-22)30-25(33)29-20-8-6-17(7-9-20)21-16-28-24-13-18(10-12-32(21)24)19-5-4-11-27-15-19/h4-16H,1-3H3,(H2,29,30,31,33). The van der Waals surface area contributed by atoms with E-state index in [0.29, 0.717) is 17.3 Å². The summed E-state index contributed by atoms with van der Waals surface area (Å²) in [6.07, 6.45) is 7.44. The van der Waals surface area contributed by atoms with E-state index in [0.717, 1.165) is 28.0 Å². The fraction of sp³-hybridized carbons (Fsp3) is 0.154. The highest BCUT2D eigenvalue weighted by molar-refractivity contribution is 5.99. The van der Waals surface area contributed by atoms with E-state index in [1.807, 2.05) is 92.3 Å². The molecule has 1 aromatic carbocycles. The molecule has 0 saturated heterocycles. The van der Waals surface area contributed by atoms with E-state index in [9.17, 15) is 4.79 Å². The smallest absolute Gasteiger partial charge is 0.324 e. The van der Waals surface area contributed by atoms with Gasteiger partial charge in [0.25, 0.3) is 0 Å². The molecular weight excluding hydrogens is 428 g/mol. The SMILES string of the molecule is CC(C)(C)c1cc(NC(=O)Nc2ccc(-c3cnc4cc(-c5cccnc5)ccn34)cc2)no1. The average molecular weight is 453 g/mol. The summed E-state index contributed by atoms with van der Waals surface area (Å²) in [6, 6.07) is 17.0. The molecule has 4 aromatic heterocycles. The topological polar surface area (TPSA) is 97.3 Å². The van der Waals surface area contributed by atoms with Crippen LogP contribution in [0.15, 0.2) is 83.9 Å². The molecule has 5 rings (SSSR count). The third kappa shape index (κ3) is 4.38. The number of fused-ring (bicyclic) bond motifs is 1. The van der Waals surface area contributed by atoms with Gasteiger partial charge in [0, 0.05) is 46.9 Å². The highest BCUT2D eigenvalue weighted by atomic mass is 16.5. The number of urea groups is 1. The zero-order valence-corrected chi connectivity index (χ0v) is 19.1. The van der Waals surface area contributed by atoms with Gasteiger partial charge in [-0.25, -0.2) is 9.78 Å². The van der Waals surface area contributed by atoms with Gasteiger partial charge in [-0.3, -0.25) is 14.7 Å². The molecule has 0 radical (unpaired) electrons. The number of imidazole rings is 1. The van der Waals surface area contributed by atoms with Crippen molar-refractivity contribution in [2.24, 2.45) is 0 Å². The number of aromatic nitrogens is 4. The first-order valence-electron chi connectivity index (χ1n) is 10.9. The van der Waals surface area contributed by atoms with Crippen molar-refractivity contribution in [1.82, 2.24) is 19.5 Å². The predicted octanol–water partition coefficient (Wildman–Crippen LogP) is 5.99. The van der Waals surface area contributed by atoms with Crippen molar-refractivity contribution in [3.05, 3.63) is 85.1 Å². The van der Waals surface area contributed by atoms with Crippen molar-refractivity contribution in [2.75, 3.05) is 10.6 Å². The van der Waals surface area contributed by atoms with Gasteiger partial charge in [0.05, 0.1) is 11.9 Å². The van der Waals surface area contributed by atoms with Crippen molar-refractivity contribution in [1.29, 1.82) is 0 Å². The van der Waals surface area contributed by atoms with Crippen LogP contribution in [0.4, 0.5) is 16.3 Å². The van der Waals surface area contributed by atoms with Crippen LogP contribution in [0.5, 0.6) is 0 Å². The van der Waals surface area contributed by atoms with E-state index in [-0.39, 0.29) is 11.4 Å². The quantitative estimate of drug-likeness (QED) is 0.349. The Labute approximate surface area is 196 Å². The zero-order chi connectivity index (χ0) is 23.7. The molecule has 0 fully saturated rings. The number of anilines is 2. The van der Waals surface area contributed by atoms with Crippen molar-refractivity contribution in [2.45, 2.75) is 26.2 Å². The number of amides is 2. The highest BCUT2D eigenvalue weighted by Crippen LogP contribution is 2.27. The minimum atomic E-state index is -0.390. The Bertz CT molecular complexity index is 1450. The van der Waals surface area contributed by atoms with Gasteiger partial charge in [0.2, 0.25) is 0 Å². The molecule has 0 aliphatic heterocycles. The number of carbonyl (C=O) groups excluding carboxylic acids is 1. The van der Waals surface area contributed by atoms with Crippen molar-refractivity contribution >= 4 is 23.2 Å². The maximum atomic E-state index is 12.4. The van der Waals surface area contributed by atoms with Gasteiger partial charge in [-0.15, -0.1) is 0 Å². The lowest BCUT2D eigenvalue weighted by molar-refractivity contribution is 0.262. The van der Waals surface area contributed by atoms with Crippen LogP contribution < -0.4 is 10.6 Å². The van der Waals surface area contributed by atoms with Gasteiger partial charge in [0.1, 0.15) is 11.4 Å². The third-order valence-electron chi connectivity index (χ3n) is 5.44. The van der Waals surface area contributed by atoms with Crippen LogP contribution in [0, 0.1) is 0 Å².